The lowest BCUT2D eigenvalue weighted by Gasteiger charge is -2.26. The number of hydrogen-bond acceptors (Lipinski definition) is 3. The van der Waals surface area contributed by atoms with Gasteiger partial charge in [0.15, 0.2) is 0 Å². The van der Waals surface area contributed by atoms with Crippen LogP contribution in [0.4, 0.5) is 0 Å². The average Bonchev–Trinajstić information content (AvgIpc) is 2.20. The summed E-state index contributed by atoms with van der Waals surface area (Å²) in [6.07, 6.45) is 4.41. The largest absolute Gasteiger partial charge is 0.393 e. The highest BCUT2D eigenvalue weighted by molar-refractivity contribution is 5.80. The van der Waals surface area contributed by atoms with Crippen LogP contribution in [-0.4, -0.2) is 29.6 Å². The zero-order valence-electron chi connectivity index (χ0n) is 9.83. The number of rotatable bonds is 5. The Morgan fingerprint density at radius 1 is 1.33 bits per heavy atom. The van der Waals surface area contributed by atoms with Crippen molar-refractivity contribution in [1.82, 2.24) is 5.32 Å². The van der Waals surface area contributed by atoms with Crippen LogP contribution in [0, 0.1) is 5.92 Å². The lowest BCUT2D eigenvalue weighted by atomic mass is 9.93. The second kappa shape index (κ2) is 6.23. The first kappa shape index (κ1) is 12.7. The summed E-state index contributed by atoms with van der Waals surface area (Å²) in [6, 6.07) is 0.508. The van der Waals surface area contributed by atoms with Gasteiger partial charge in [-0.05, 0) is 25.7 Å². The number of ketones is 1. The molecule has 1 fully saturated rings. The first-order valence-corrected chi connectivity index (χ1v) is 6.03. The molecule has 0 spiro atoms. The van der Waals surface area contributed by atoms with Crippen LogP contribution >= 0.6 is 0 Å². The predicted molar refractivity (Wildman–Crippen MR) is 60.7 cm³/mol. The Kier molecular flexibility index (Phi) is 5.26. The molecule has 0 amide bonds. The standard InChI is InChI=1S/C12H23NO2/c1-9(2)12(15)7-8-13-10-3-5-11(14)6-4-10/h9-11,13-14H,3-8H2,1-2H3. The van der Waals surface area contributed by atoms with E-state index >= 15 is 0 Å². The van der Waals surface area contributed by atoms with Crippen LogP contribution < -0.4 is 5.32 Å². The maximum absolute atomic E-state index is 11.4. The van der Waals surface area contributed by atoms with Gasteiger partial charge in [-0.25, -0.2) is 0 Å². The molecule has 0 aromatic heterocycles. The van der Waals surface area contributed by atoms with Crippen molar-refractivity contribution >= 4 is 5.78 Å². The molecule has 88 valence electrons. The van der Waals surface area contributed by atoms with Gasteiger partial charge in [0.2, 0.25) is 0 Å². The van der Waals surface area contributed by atoms with E-state index in [0.29, 0.717) is 18.2 Å². The molecule has 0 aromatic carbocycles. The zero-order chi connectivity index (χ0) is 11.3. The first-order valence-electron chi connectivity index (χ1n) is 6.03. The highest BCUT2D eigenvalue weighted by Crippen LogP contribution is 2.18. The van der Waals surface area contributed by atoms with E-state index in [1.54, 1.807) is 0 Å². The quantitative estimate of drug-likeness (QED) is 0.727. The molecule has 0 bridgehead atoms. The summed E-state index contributed by atoms with van der Waals surface area (Å²) >= 11 is 0. The van der Waals surface area contributed by atoms with E-state index in [1.807, 2.05) is 13.8 Å². The predicted octanol–water partition coefficient (Wildman–Crippen LogP) is 1.49. The molecule has 3 heteroatoms. The monoisotopic (exact) mass is 213 g/mol. The fourth-order valence-electron chi connectivity index (χ4n) is 1.97. The van der Waals surface area contributed by atoms with Crippen molar-refractivity contribution in [1.29, 1.82) is 0 Å². The minimum atomic E-state index is -0.0969. The normalized spacial score (nSPS) is 26.9. The van der Waals surface area contributed by atoms with Gasteiger partial charge in [-0.1, -0.05) is 13.8 Å². The number of hydrogen-bond donors (Lipinski definition) is 2. The van der Waals surface area contributed by atoms with Gasteiger partial charge in [0.25, 0.3) is 0 Å². The topological polar surface area (TPSA) is 49.3 Å². The molecule has 1 saturated carbocycles. The molecule has 0 heterocycles. The molecule has 3 nitrogen and oxygen atoms in total. The molecule has 1 aliphatic rings. The van der Waals surface area contributed by atoms with Gasteiger partial charge in [-0.15, -0.1) is 0 Å². The van der Waals surface area contributed by atoms with E-state index in [0.717, 1.165) is 32.2 Å². The van der Waals surface area contributed by atoms with Crippen molar-refractivity contribution < 1.29 is 9.90 Å². The molecule has 1 aliphatic carbocycles. The van der Waals surface area contributed by atoms with Crippen LogP contribution in [0.5, 0.6) is 0 Å². The number of carbonyl (C=O) groups excluding carboxylic acids is 1. The van der Waals surface area contributed by atoms with E-state index in [-0.39, 0.29) is 12.0 Å². The van der Waals surface area contributed by atoms with E-state index in [4.69, 9.17) is 0 Å². The average molecular weight is 213 g/mol. The van der Waals surface area contributed by atoms with Crippen LogP contribution in [0.3, 0.4) is 0 Å². The first-order chi connectivity index (χ1) is 7.09. The third-order valence-corrected chi connectivity index (χ3v) is 3.15. The highest BCUT2D eigenvalue weighted by Gasteiger charge is 2.18. The molecular weight excluding hydrogens is 190 g/mol. The molecule has 15 heavy (non-hydrogen) atoms. The molecule has 0 aliphatic heterocycles. The molecule has 0 unspecified atom stereocenters. The van der Waals surface area contributed by atoms with Crippen molar-refractivity contribution in [3.05, 3.63) is 0 Å². The van der Waals surface area contributed by atoms with E-state index < -0.39 is 0 Å². The number of Topliss-reactive ketones (excluding diaryl/α,β-unsaturated/α-hetero) is 1. The molecule has 2 N–H and O–H groups in total. The highest BCUT2D eigenvalue weighted by atomic mass is 16.3. The maximum atomic E-state index is 11.4. The summed E-state index contributed by atoms with van der Waals surface area (Å²) in [5, 5.41) is 12.7. The molecule has 0 aromatic rings. The van der Waals surface area contributed by atoms with Crippen molar-refractivity contribution in [3.63, 3.8) is 0 Å². The summed E-state index contributed by atoms with van der Waals surface area (Å²) < 4.78 is 0. The van der Waals surface area contributed by atoms with Crippen LogP contribution in [0.15, 0.2) is 0 Å². The van der Waals surface area contributed by atoms with Crippen LogP contribution in [0.2, 0.25) is 0 Å². The fourth-order valence-corrected chi connectivity index (χ4v) is 1.97. The van der Waals surface area contributed by atoms with E-state index in [9.17, 15) is 9.90 Å². The Morgan fingerprint density at radius 2 is 1.93 bits per heavy atom. The zero-order valence-corrected chi connectivity index (χ0v) is 9.83. The SMILES string of the molecule is CC(C)C(=O)CCNC1CCC(O)CC1. The lowest BCUT2D eigenvalue weighted by Crippen LogP contribution is -2.36. The van der Waals surface area contributed by atoms with E-state index in [1.165, 1.54) is 0 Å². The molecule has 1 rings (SSSR count). The summed E-state index contributed by atoms with van der Waals surface area (Å²) in [5.41, 5.74) is 0. The van der Waals surface area contributed by atoms with Crippen LogP contribution in [0.25, 0.3) is 0 Å². The fraction of sp³-hybridized carbons (Fsp3) is 0.917. The summed E-state index contributed by atoms with van der Waals surface area (Å²) in [6.45, 7) is 4.68. The Morgan fingerprint density at radius 3 is 2.47 bits per heavy atom. The van der Waals surface area contributed by atoms with Crippen molar-refractivity contribution in [2.75, 3.05) is 6.54 Å². The van der Waals surface area contributed by atoms with Crippen LogP contribution in [0.1, 0.15) is 46.0 Å². The second-order valence-electron chi connectivity index (χ2n) is 4.83. The minimum absolute atomic E-state index is 0.0969. The molecule has 0 radical (unpaired) electrons. The molecular formula is C12H23NO2. The molecule has 0 saturated heterocycles. The summed E-state index contributed by atoms with van der Waals surface area (Å²) in [7, 11) is 0. The smallest absolute Gasteiger partial charge is 0.136 e. The van der Waals surface area contributed by atoms with E-state index in [2.05, 4.69) is 5.32 Å². The van der Waals surface area contributed by atoms with Gasteiger partial charge < -0.3 is 10.4 Å². The number of aliphatic hydroxyl groups excluding tert-OH is 1. The van der Waals surface area contributed by atoms with Crippen LogP contribution in [-0.2, 0) is 4.79 Å². The molecule has 0 atom stereocenters. The summed E-state index contributed by atoms with van der Waals surface area (Å²) in [4.78, 5) is 11.4. The lowest BCUT2D eigenvalue weighted by molar-refractivity contribution is -0.121. The van der Waals surface area contributed by atoms with Crippen molar-refractivity contribution in [2.45, 2.75) is 58.1 Å². The van der Waals surface area contributed by atoms with Gasteiger partial charge in [-0.3, -0.25) is 4.79 Å². The maximum Gasteiger partial charge on any atom is 0.136 e. The number of carbonyl (C=O) groups is 1. The Labute approximate surface area is 92.3 Å². The minimum Gasteiger partial charge on any atom is -0.393 e. The third-order valence-electron chi connectivity index (χ3n) is 3.15. The van der Waals surface area contributed by atoms with Gasteiger partial charge >= 0.3 is 0 Å². The summed E-state index contributed by atoms with van der Waals surface area (Å²) in [5.74, 6) is 0.485. The Bertz CT molecular complexity index is 196. The van der Waals surface area contributed by atoms with Gasteiger partial charge in [0.1, 0.15) is 5.78 Å². The van der Waals surface area contributed by atoms with Gasteiger partial charge in [0, 0.05) is 24.9 Å². The van der Waals surface area contributed by atoms with Gasteiger partial charge in [0.05, 0.1) is 6.10 Å². The Hall–Kier alpha value is -0.410. The number of aliphatic hydroxyl groups is 1. The van der Waals surface area contributed by atoms with Gasteiger partial charge in [-0.2, -0.15) is 0 Å². The third kappa shape index (κ3) is 4.76. The van der Waals surface area contributed by atoms with Crippen molar-refractivity contribution in [2.24, 2.45) is 5.92 Å². The second-order valence-corrected chi connectivity index (χ2v) is 4.83. The van der Waals surface area contributed by atoms with Crippen molar-refractivity contribution in [3.8, 4) is 0 Å². The Balaban J connectivity index is 2.08. The number of nitrogens with one attached hydrogen (secondary N) is 1.